The summed E-state index contributed by atoms with van der Waals surface area (Å²) in [6.45, 7) is 6.66. The van der Waals surface area contributed by atoms with Gasteiger partial charge in [-0.1, -0.05) is 6.07 Å². The van der Waals surface area contributed by atoms with Crippen LogP contribution in [-0.4, -0.2) is 36.7 Å². The second-order valence-electron chi connectivity index (χ2n) is 6.92. The Kier molecular flexibility index (Phi) is 5.02. The first kappa shape index (κ1) is 17.4. The molecule has 1 aliphatic heterocycles. The molecule has 1 amide bonds. The molecule has 0 unspecified atom stereocenters. The molecule has 1 fully saturated rings. The molecular weight excluding hydrogens is 297 g/mol. The van der Waals surface area contributed by atoms with Crippen molar-refractivity contribution in [1.29, 1.82) is 0 Å². The van der Waals surface area contributed by atoms with E-state index in [2.05, 4.69) is 5.32 Å². The first-order valence-electron chi connectivity index (χ1n) is 7.96. The van der Waals surface area contributed by atoms with Gasteiger partial charge in [0.15, 0.2) is 5.82 Å². The molecule has 1 aromatic rings. The zero-order valence-corrected chi connectivity index (χ0v) is 14.3. The quantitative estimate of drug-likeness (QED) is 0.817. The maximum absolute atomic E-state index is 14.4. The number of amides is 1. The molecular formula is C17H26FN3O2. The normalized spacial score (nSPS) is 16.3. The summed E-state index contributed by atoms with van der Waals surface area (Å²) in [6.07, 6.45) is 1.10. The standard InChI is InChI=1S/C17H26FN3O2/c1-17(2,3)23-16(22)21-9-7-11(8-10-21)12-5-6-13(20-4)15(19)14(12)18/h5-6,11,20H,7-10,19H2,1-4H3. The van der Waals surface area contributed by atoms with E-state index in [0.717, 1.165) is 0 Å². The first-order chi connectivity index (χ1) is 10.7. The van der Waals surface area contributed by atoms with E-state index in [4.69, 9.17) is 10.5 Å². The Hall–Kier alpha value is -1.98. The van der Waals surface area contributed by atoms with Crippen molar-refractivity contribution in [3.05, 3.63) is 23.5 Å². The van der Waals surface area contributed by atoms with Crippen LogP contribution >= 0.6 is 0 Å². The highest BCUT2D eigenvalue weighted by Gasteiger charge is 2.29. The zero-order chi connectivity index (χ0) is 17.2. The van der Waals surface area contributed by atoms with Gasteiger partial charge in [-0.15, -0.1) is 0 Å². The second-order valence-corrected chi connectivity index (χ2v) is 6.92. The monoisotopic (exact) mass is 323 g/mol. The molecule has 0 radical (unpaired) electrons. The molecule has 0 bridgehead atoms. The molecule has 1 heterocycles. The highest BCUT2D eigenvalue weighted by Crippen LogP contribution is 2.34. The fourth-order valence-corrected chi connectivity index (χ4v) is 2.84. The largest absolute Gasteiger partial charge is 0.444 e. The summed E-state index contributed by atoms with van der Waals surface area (Å²) in [5.41, 5.74) is 6.70. The van der Waals surface area contributed by atoms with Crippen molar-refractivity contribution in [1.82, 2.24) is 4.90 Å². The molecule has 5 nitrogen and oxygen atoms in total. The minimum absolute atomic E-state index is 0.0712. The lowest BCUT2D eigenvalue weighted by molar-refractivity contribution is 0.0204. The topological polar surface area (TPSA) is 67.6 Å². The Morgan fingerprint density at radius 2 is 1.96 bits per heavy atom. The van der Waals surface area contributed by atoms with Gasteiger partial charge >= 0.3 is 6.09 Å². The average Bonchev–Trinajstić information content (AvgIpc) is 2.48. The van der Waals surface area contributed by atoms with Crippen LogP contribution in [0.4, 0.5) is 20.6 Å². The van der Waals surface area contributed by atoms with Crippen LogP contribution in [-0.2, 0) is 4.74 Å². The Bertz CT molecular complexity index is 576. The third-order valence-electron chi connectivity index (χ3n) is 4.07. The van der Waals surface area contributed by atoms with Crippen molar-refractivity contribution in [2.24, 2.45) is 0 Å². The molecule has 23 heavy (non-hydrogen) atoms. The van der Waals surface area contributed by atoms with Gasteiger partial charge in [-0.3, -0.25) is 0 Å². The summed E-state index contributed by atoms with van der Waals surface area (Å²) < 4.78 is 19.8. The number of carbonyl (C=O) groups is 1. The highest BCUT2D eigenvalue weighted by molar-refractivity contribution is 5.69. The van der Waals surface area contributed by atoms with Crippen molar-refractivity contribution in [2.45, 2.75) is 45.1 Å². The summed E-state index contributed by atoms with van der Waals surface area (Å²) in [6, 6.07) is 3.58. The van der Waals surface area contributed by atoms with Crippen molar-refractivity contribution < 1.29 is 13.9 Å². The molecule has 0 saturated carbocycles. The van der Waals surface area contributed by atoms with Crippen molar-refractivity contribution in [3.8, 4) is 0 Å². The van der Waals surface area contributed by atoms with E-state index in [9.17, 15) is 9.18 Å². The number of hydrogen-bond acceptors (Lipinski definition) is 4. The van der Waals surface area contributed by atoms with Crippen LogP contribution in [0.5, 0.6) is 0 Å². The van der Waals surface area contributed by atoms with Gasteiger partial charge in [-0.05, 0) is 51.2 Å². The SMILES string of the molecule is CNc1ccc(C2CCN(C(=O)OC(C)(C)C)CC2)c(F)c1N. The van der Waals surface area contributed by atoms with Crippen molar-refractivity contribution in [2.75, 3.05) is 31.2 Å². The molecule has 3 N–H and O–H groups in total. The number of likely N-dealkylation sites (tertiary alicyclic amines) is 1. The molecule has 128 valence electrons. The van der Waals surface area contributed by atoms with Gasteiger partial charge in [0.05, 0.1) is 11.4 Å². The lowest BCUT2D eigenvalue weighted by atomic mass is 9.88. The van der Waals surface area contributed by atoms with E-state index in [1.165, 1.54) is 0 Å². The van der Waals surface area contributed by atoms with E-state index < -0.39 is 5.60 Å². The number of anilines is 2. The number of rotatable bonds is 2. The lowest BCUT2D eigenvalue weighted by Crippen LogP contribution is -2.41. The number of nitrogens with zero attached hydrogens (tertiary/aromatic N) is 1. The van der Waals surface area contributed by atoms with E-state index in [1.807, 2.05) is 20.8 Å². The predicted octanol–water partition coefficient (Wildman–Crippen LogP) is 3.56. The van der Waals surface area contributed by atoms with Gasteiger partial charge in [0, 0.05) is 20.1 Å². The van der Waals surface area contributed by atoms with E-state index in [1.54, 1.807) is 24.1 Å². The van der Waals surface area contributed by atoms with Gasteiger partial charge < -0.3 is 20.7 Å². The third-order valence-corrected chi connectivity index (χ3v) is 4.07. The van der Waals surface area contributed by atoms with Crippen LogP contribution < -0.4 is 11.1 Å². The Labute approximate surface area is 137 Å². The summed E-state index contributed by atoms with van der Waals surface area (Å²) in [5.74, 6) is -0.283. The van der Waals surface area contributed by atoms with Crippen molar-refractivity contribution >= 4 is 17.5 Å². The molecule has 0 aromatic heterocycles. The minimum atomic E-state index is -0.503. The van der Waals surface area contributed by atoms with Crippen LogP contribution in [0.2, 0.25) is 0 Å². The molecule has 1 aliphatic rings. The number of hydrogen-bond donors (Lipinski definition) is 2. The summed E-state index contributed by atoms with van der Waals surface area (Å²) in [7, 11) is 1.71. The van der Waals surface area contributed by atoms with Gasteiger partial charge in [0.25, 0.3) is 0 Å². The van der Waals surface area contributed by atoms with Crippen LogP contribution in [0.3, 0.4) is 0 Å². The molecule has 1 aromatic carbocycles. The Morgan fingerprint density at radius 3 is 2.48 bits per heavy atom. The maximum atomic E-state index is 14.4. The average molecular weight is 323 g/mol. The van der Waals surface area contributed by atoms with Gasteiger partial charge in [-0.25, -0.2) is 9.18 Å². The van der Waals surface area contributed by atoms with Crippen LogP contribution in [0.1, 0.15) is 45.1 Å². The second kappa shape index (κ2) is 6.64. The molecule has 0 atom stereocenters. The van der Waals surface area contributed by atoms with Crippen LogP contribution in [0.15, 0.2) is 12.1 Å². The fourth-order valence-electron chi connectivity index (χ4n) is 2.84. The molecule has 2 rings (SSSR count). The maximum Gasteiger partial charge on any atom is 0.410 e. The fraction of sp³-hybridized carbons (Fsp3) is 0.588. The number of piperidine rings is 1. The number of nitrogens with one attached hydrogen (secondary N) is 1. The predicted molar refractivity (Wildman–Crippen MR) is 90.1 cm³/mol. The first-order valence-corrected chi connectivity index (χ1v) is 7.96. The smallest absolute Gasteiger partial charge is 0.410 e. The number of carbonyl (C=O) groups excluding carboxylic acids is 1. The summed E-state index contributed by atoms with van der Waals surface area (Å²) >= 11 is 0. The van der Waals surface area contributed by atoms with E-state index >= 15 is 0 Å². The molecule has 0 spiro atoms. The van der Waals surface area contributed by atoms with Gasteiger partial charge in [0.2, 0.25) is 0 Å². The molecule has 1 saturated heterocycles. The summed E-state index contributed by atoms with van der Waals surface area (Å²) in [4.78, 5) is 13.7. The summed E-state index contributed by atoms with van der Waals surface area (Å²) in [5, 5.41) is 2.88. The van der Waals surface area contributed by atoms with E-state index in [0.29, 0.717) is 37.2 Å². The molecule has 6 heteroatoms. The Morgan fingerprint density at radius 1 is 1.35 bits per heavy atom. The van der Waals surface area contributed by atoms with Gasteiger partial charge in [0.1, 0.15) is 5.60 Å². The number of nitrogen functional groups attached to an aromatic ring is 1. The third kappa shape index (κ3) is 4.06. The zero-order valence-electron chi connectivity index (χ0n) is 14.3. The van der Waals surface area contributed by atoms with Crippen LogP contribution in [0, 0.1) is 5.82 Å². The number of ether oxygens (including phenoxy) is 1. The molecule has 0 aliphatic carbocycles. The van der Waals surface area contributed by atoms with Gasteiger partial charge in [-0.2, -0.15) is 0 Å². The van der Waals surface area contributed by atoms with Crippen molar-refractivity contribution in [3.63, 3.8) is 0 Å². The highest BCUT2D eigenvalue weighted by atomic mass is 19.1. The number of nitrogens with two attached hydrogens (primary N) is 1. The van der Waals surface area contributed by atoms with E-state index in [-0.39, 0.29) is 23.5 Å². The Balaban J connectivity index is 2.02. The number of halogens is 1. The lowest BCUT2D eigenvalue weighted by Gasteiger charge is -2.33. The number of benzene rings is 1. The van der Waals surface area contributed by atoms with Crippen LogP contribution in [0.25, 0.3) is 0 Å². The minimum Gasteiger partial charge on any atom is -0.444 e.